The summed E-state index contributed by atoms with van der Waals surface area (Å²) in [7, 11) is 3.89. The van der Waals surface area contributed by atoms with Gasteiger partial charge in [-0.25, -0.2) is 0 Å². The van der Waals surface area contributed by atoms with Gasteiger partial charge in [0.2, 0.25) is 0 Å². The molecule has 118 valence electrons. The number of hydrogen-bond acceptors (Lipinski definition) is 4. The fraction of sp³-hybridized carbons (Fsp3) is 0.167. The maximum atomic E-state index is 4.28. The van der Waals surface area contributed by atoms with Crippen LogP contribution in [0.1, 0.15) is 5.56 Å². The number of nitrogens with zero attached hydrogens (tertiary/aromatic N) is 2. The van der Waals surface area contributed by atoms with Gasteiger partial charge in [0.05, 0.1) is 11.9 Å². The lowest BCUT2D eigenvalue weighted by Crippen LogP contribution is -2.05. The quantitative estimate of drug-likeness (QED) is 0.674. The Kier molecular flexibility index (Phi) is 5.00. The number of hydrogen-bond donors (Lipinski definition) is 2. The van der Waals surface area contributed by atoms with Gasteiger partial charge in [-0.2, -0.15) is 5.10 Å². The van der Waals surface area contributed by atoms with Crippen molar-refractivity contribution in [1.82, 2.24) is 15.1 Å². The van der Waals surface area contributed by atoms with Crippen molar-refractivity contribution in [2.24, 2.45) is 7.05 Å². The number of nitrogens with one attached hydrogen (secondary N) is 2. The van der Waals surface area contributed by atoms with Gasteiger partial charge in [0.25, 0.3) is 0 Å². The maximum absolute atomic E-state index is 4.28. The van der Waals surface area contributed by atoms with E-state index in [9.17, 15) is 0 Å². The lowest BCUT2D eigenvalue weighted by Gasteiger charge is -2.12. The molecule has 0 aliphatic carbocycles. The number of benzene rings is 2. The molecule has 0 aliphatic heterocycles. The monoisotopic (exact) mass is 324 g/mol. The predicted octanol–water partition coefficient (Wildman–Crippen LogP) is 3.93. The van der Waals surface area contributed by atoms with Crippen LogP contribution >= 0.6 is 11.9 Å². The molecule has 3 aromatic rings. The van der Waals surface area contributed by atoms with Gasteiger partial charge in [-0.3, -0.25) is 4.68 Å². The van der Waals surface area contributed by atoms with Gasteiger partial charge < -0.3 is 10.0 Å². The molecule has 0 radical (unpaired) electrons. The largest absolute Gasteiger partial charge is 0.325 e. The highest BCUT2D eigenvalue weighted by molar-refractivity contribution is 8.00. The molecular formula is C18H20N4S. The van der Waals surface area contributed by atoms with E-state index in [1.807, 2.05) is 49.4 Å². The van der Waals surface area contributed by atoms with Crippen molar-refractivity contribution in [1.29, 1.82) is 0 Å². The second kappa shape index (κ2) is 7.35. The molecule has 0 fully saturated rings. The maximum Gasteiger partial charge on any atom is 0.0568 e. The fourth-order valence-corrected chi connectivity index (χ4v) is 3.09. The molecule has 0 saturated heterocycles. The molecule has 0 atom stereocenters. The number of anilines is 1. The van der Waals surface area contributed by atoms with Crippen molar-refractivity contribution < 1.29 is 0 Å². The van der Waals surface area contributed by atoms with E-state index in [1.54, 1.807) is 11.9 Å². The molecule has 23 heavy (non-hydrogen) atoms. The molecule has 3 rings (SSSR count). The molecule has 1 aromatic heterocycles. The molecule has 1 heterocycles. The minimum atomic E-state index is 0.845. The van der Waals surface area contributed by atoms with E-state index in [-0.39, 0.29) is 0 Å². The molecular weight excluding hydrogens is 304 g/mol. The third kappa shape index (κ3) is 3.94. The van der Waals surface area contributed by atoms with Gasteiger partial charge in [0, 0.05) is 35.8 Å². The molecule has 2 aromatic carbocycles. The van der Waals surface area contributed by atoms with Gasteiger partial charge in [-0.15, -0.1) is 0 Å². The summed E-state index contributed by atoms with van der Waals surface area (Å²) in [5, 5.41) is 7.48. The Morgan fingerprint density at radius 1 is 1.13 bits per heavy atom. The van der Waals surface area contributed by atoms with E-state index in [2.05, 4.69) is 45.5 Å². The van der Waals surface area contributed by atoms with Gasteiger partial charge in [-0.05, 0) is 42.8 Å². The van der Waals surface area contributed by atoms with Crippen LogP contribution in [-0.2, 0) is 13.6 Å². The van der Waals surface area contributed by atoms with Crippen LogP contribution in [0.25, 0.3) is 11.1 Å². The molecule has 0 aliphatic rings. The van der Waals surface area contributed by atoms with Crippen molar-refractivity contribution >= 4 is 17.6 Å². The summed E-state index contributed by atoms with van der Waals surface area (Å²) < 4.78 is 5.31. The third-order valence-corrected chi connectivity index (χ3v) is 4.33. The summed E-state index contributed by atoms with van der Waals surface area (Å²) in [6.45, 7) is 0.845. The summed E-state index contributed by atoms with van der Waals surface area (Å²) in [4.78, 5) is 1.18. The normalized spacial score (nSPS) is 10.7. The molecule has 0 spiro atoms. The number of aryl methyl sites for hydroxylation is 1. The topological polar surface area (TPSA) is 41.9 Å². The van der Waals surface area contributed by atoms with Crippen LogP contribution in [0, 0.1) is 0 Å². The Bertz CT molecular complexity index is 768. The Morgan fingerprint density at radius 3 is 2.65 bits per heavy atom. The Morgan fingerprint density at radius 2 is 1.96 bits per heavy atom. The van der Waals surface area contributed by atoms with Crippen molar-refractivity contribution in [2.45, 2.75) is 11.4 Å². The van der Waals surface area contributed by atoms with Gasteiger partial charge in [-0.1, -0.05) is 30.3 Å². The summed E-state index contributed by atoms with van der Waals surface area (Å²) >= 11 is 1.62. The van der Waals surface area contributed by atoms with Crippen LogP contribution in [-0.4, -0.2) is 16.8 Å². The van der Waals surface area contributed by atoms with E-state index in [0.29, 0.717) is 0 Å². The predicted molar refractivity (Wildman–Crippen MR) is 97.3 cm³/mol. The molecule has 0 amide bonds. The standard InChI is InChI=1S/C18H20N4S/c1-19-11-14-8-9-17(15-12-20-22(2)13-15)18(10-14)21-23-16-6-4-3-5-7-16/h3-10,12-13,19,21H,11H2,1-2H3. The molecule has 5 heteroatoms. The van der Waals surface area contributed by atoms with Crippen LogP contribution in [0.3, 0.4) is 0 Å². The molecule has 4 nitrogen and oxygen atoms in total. The molecule has 0 bridgehead atoms. The summed E-state index contributed by atoms with van der Waals surface area (Å²) in [6, 6.07) is 16.8. The smallest absolute Gasteiger partial charge is 0.0568 e. The highest BCUT2D eigenvalue weighted by Crippen LogP contribution is 2.32. The van der Waals surface area contributed by atoms with E-state index < -0.39 is 0 Å². The van der Waals surface area contributed by atoms with Gasteiger partial charge >= 0.3 is 0 Å². The van der Waals surface area contributed by atoms with Crippen LogP contribution in [0.2, 0.25) is 0 Å². The van der Waals surface area contributed by atoms with Gasteiger partial charge in [0.1, 0.15) is 0 Å². The number of rotatable bonds is 6. The second-order valence-corrected chi connectivity index (χ2v) is 6.21. The Balaban J connectivity index is 1.89. The van der Waals surface area contributed by atoms with Crippen LogP contribution < -0.4 is 10.0 Å². The Labute approximate surface area is 141 Å². The van der Waals surface area contributed by atoms with Crippen LogP contribution in [0.4, 0.5) is 5.69 Å². The average Bonchev–Trinajstić information content (AvgIpc) is 3.01. The SMILES string of the molecule is CNCc1ccc(-c2cnn(C)c2)c(NSc2ccccc2)c1. The summed E-state index contributed by atoms with van der Waals surface area (Å²) in [6.07, 6.45) is 3.93. The van der Waals surface area contributed by atoms with Crippen molar-refractivity contribution in [3.8, 4) is 11.1 Å². The zero-order valence-corrected chi connectivity index (χ0v) is 14.1. The highest BCUT2D eigenvalue weighted by atomic mass is 32.2. The number of aromatic nitrogens is 2. The summed E-state index contributed by atoms with van der Waals surface area (Å²) in [5.41, 5.74) is 4.61. The highest BCUT2D eigenvalue weighted by Gasteiger charge is 2.09. The fourth-order valence-electron chi connectivity index (χ4n) is 2.40. The minimum Gasteiger partial charge on any atom is -0.325 e. The van der Waals surface area contributed by atoms with Crippen molar-refractivity contribution in [2.75, 3.05) is 11.8 Å². The lowest BCUT2D eigenvalue weighted by molar-refractivity contribution is 0.768. The molecule has 0 unspecified atom stereocenters. The average molecular weight is 324 g/mol. The first-order valence-electron chi connectivity index (χ1n) is 7.51. The Hall–Kier alpha value is -2.24. The first-order chi connectivity index (χ1) is 11.3. The van der Waals surface area contributed by atoms with Crippen LogP contribution in [0.5, 0.6) is 0 Å². The summed E-state index contributed by atoms with van der Waals surface area (Å²) in [5.74, 6) is 0. The third-order valence-electron chi connectivity index (χ3n) is 3.50. The van der Waals surface area contributed by atoms with E-state index in [4.69, 9.17) is 0 Å². The van der Waals surface area contributed by atoms with Crippen LogP contribution in [0.15, 0.2) is 65.8 Å². The first-order valence-corrected chi connectivity index (χ1v) is 8.32. The lowest BCUT2D eigenvalue weighted by atomic mass is 10.0. The molecule has 2 N–H and O–H groups in total. The van der Waals surface area contributed by atoms with Crippen molar-refractivity contribution in [3.05, 3.63) is 66.5 Å². The zero-order valence-electron chi connectivity index (χ0n) is 13.3. The molecule has 0 saturated carbocycles. The second-order valence-electron chi connectivity index (χ2n) is 5.33. The van der Waals surface area contributed by atoms with Crippen molar-refractivity contribution in [3.63, 3.8) is 0 Å². The first kappa shape index (κ1) is 15.6. The van der Waals surface area contributed by atoms with E-state index in [0.717, 1.165) is 23.4 Å². The zero-order chi connectivity index (χ0) is 16.1. The van der Waals surface area contributed by atoms with E-state index >= 15 is 0 Å². The van der Waals surface area contributed by atoms with Gasteiger partial charge in [0.15, 0.2) is 0 Å². The minimum absolute atomic E-state index is 0.845. The van der Waals surface area contributed by atoms with E-state index in [1.165, 1.54) is 10.5 Å².